The van der Waals surface area contributed by atoms with Crippen LogP contribution in [0.15, 0.2) is 29.4 Å². The van der Waals surface area contributed by atoms with Crippen molar-refractivity contribution in [1.29, 1.82) is 0 Å². The third-order valence-corrected chi connectivity index (χ3v) is 2.38. The maximum atomic E-state index is 11.7. The number of hydrazone groups is 1. The third kappa shape index (κ3) is 2.62. The number of halogens is 1. The van der Waals surface area contributed by atoms with Crippen molar-refractivity contribution in [2.75, 3.05) is 5.01 Å². The molecule has 0 spiro atoms. The quantitative estimate of drug-likeness (QED) is 0.823. The molecule has 1 N–H and O–H groups in total. The topological polar surface area (TPSA) is 61.8 Å². The molecule has 0 saturated carbocycles. The van der Waals surface area contributed by atoms with Gasteiger partial charge in [0.2, 0.25) is 5.91 Å². The summed E-state index contributed by atoms with van der Waals surface area (Å²) in [6, 6.07) is 6.81. The molecule has 0 bridgehead atoms. The van der Waals surface area contributed by atoms with Gasteiger partial charge in [-0.15, -0.1) is 0 Å². The van der Waals surface area contributed by atoms with Crippen molar-refractivity contribution in [2.24, 2.45) is 5.10 Å². The van der Waals surface area contributed by atoms with Crippen molar-refractivity contribution in [3.8, 4) is 0 Å². The second kappa shape index (κ2) is 4.55. The predicted molar refractivity (Wildman–Crippen MR) is 64.8 cm³/mol. The number of hydrogen-bond donors (Lipinski definition) is 1. The van der Waals surface area contributed by atoms with Gasteiger partial charge in [-0.3, -0.25) is 9.59 Å². The molecule has 1 aromatic carbocycles. The van der Waals surface area contributed by atoms with E-state index in [0.717, 1.165) is 0 Å². The minimum atomic E-state index is -0.246. The minimum absolute atomic E-state index is 0.0894. The van der Waals surface area contributed by atoms with Crippen molar-refractivity contribution in [1.82, 2.24) is 5.32 Å². The van der Waals surface area contributed by atoms with Crippen LogP contribution >= 0.6 is 11.6 Å². The Morgan fingerprint density at radius 1 is 1.53 bits per heavy atom. The zero-order valence-corrected chi connectivity index (χ0v) is 9.86. The molecule has 17 heavy (non-hydrogen) atoms. The number of nitrogens with zero attached hydrogens (tertiary/aromatic N) is 2. The lowest BCUT2D eigenvalue weighted by Gasteiger charge is -2.11. The zero-order chi connectivity index (χ0) is 12.4. The first-order valence-corrected chi connectivity index (χ1v) is 5.37. The number of benzene rings is 1. The van der Waals surface area contributed by atoms with E-state index in [1.807, 2.05) is 0 Å². The van der Waals surface area contributed by atoms with Crippen LogP contribution in [0, 0.1) is 0 Å². The molecule has 1 aromatic rings. The average molecular weight is 252 g/mol. The highest BCUT2D eigenvalue weighted by atomic mass is 35.5. The first-order valence-electron chi connectivity index (χ1n) is 5.00. The minimum Gasteiger partial charge on any atom is -0.313 e. The summed E-state index contributed by atoms with van der Waals surface area (Å²) >= 11 is 5.84. The van der Waals surface area contributed by atoms with E-state index in [2.05, 4.69) is 10.4 Å². The van der Waals surface area contributed by atoms with Gasteiger partial charge in [-0.25, -0.2) is 0 Å². The maximum Gasteiger partial charge on any atom is 0.255 e. The Bertz CT molecular complexity index is 513. The number of nitrogens with one attached hydrogen (secondary N) is 1. The number of carbonyl (C=O) groups excluding carboxylic acids is 2. The van der Waals surface area contributed by atoms with Crippen molar-refractivity contribution < 1.29 is 9.59 Å². The lowest BCUT2D eigenvalue weighted by Crippen LogP contribution is -2.27. The van der Waals surface area contributed by atoms with Crippen molar-refractivity contribution >= 4 is 34.9 Å². The first kappa shape index (κ1) is 11.6. The lowest BCUT2D eigenvalue weighted by molar-refractivity contribution is -0.117. The van der Waals surface area contributed by atoms with E-state index in [1.54, 1.807) is 24.3 Å². The van der Waals surface area contributed by atoms with Crippen LogP contribution < -0.4 is 10.3 Å². The molecule has 2 rings (SSSR count). The molecule has 0 unspecified atom stereocenters. The highest BCUT2D eigenvalue weighted by molar-refractivity contribution is 6.31. The van der Waals surface area contributed by atoms with Gasteiger partial charge in [0.15, 0.2) is 0 Å². The summed E-state index contributed by atoms with van der Waals surface area (Å²) < 4.78 is 0. The Morgan fingerprint density at radius 3 is 2.94 bits per heavy atom. The van der Waals surface area contributed by atoms with E-state index >= 15 is 0 Å². The summed E-state index contributed by atoms with van der Waals surface area (Å²) in [4.78, 5) is 22.6. The zero-order valence-electron chi connectivity index (χ0n) is 9.11. The van der Waals surface area contributed by atoms with Crippen LogP contribution in [0.1, 0.15) is 13.3 Å². The van der Waals surface area contributed by atoms with Gasteiger partial charge in [0.1, 0.15) is 5.84 Å². The first-order chi connectivity index (χ1) is 8.06. The van der Waals surface area contributed by atoms with Crippen LogP contribution in [0.5, 0.6) is 0 Å². The largest absolute Gasteiger partial charge is 0.313 e. The summed E-state index contributed by atoms with van der Waals surface area (Å²) in [5.74, 6) is -0.0945. The fourth-order valence-electron chi connectivity index (χ4n) is 1.51. The fraction of sp³-hybridized carbons (Fsp3) is 0.182. The van der Waals surface area contributed by atoms with Gasteiger partial charge in [0, 0.05) is 11.9 Å². The normalized spacial score (nSPS) is 14.8. The van der Waals surface area contributed by atoms with E-state index in [-0.39, 0.29) is 18.2 Å². The second-order valence-electron chi connectivity index (χ2n) is 3.59. The van der Waals surface area contributed by atoms with Crippen LogP contribution in [-0.2, 0) is 9.59 Å². The van der Waals surface area contributed by atoms with Crippen LogP contribution in [0.4, 0.5) is 5.69 Å². The van der Waals surface area contributed by atoms with Crippen LogP contribution in [0.2, 0.25) is 5.02 Å². The molecule has 6 heteroatoms. The Labute approximate surface area is 103 Å². The van der Waals surface area contributed by atoms with Gasteiger partial charge in [-0.05, 0) is 18.2 Å². The molecular formula is C11H10ClN3O2. The molecule has 88 valence electrons. The standard InChI is InChI=1S/C11H10ClN3O2/c1-7(16)13-10-6-11(17)15(14-10)9-4-2-3-8(12)5-9/h2-5H,6H2,1H3,(H,13,14,16). The maximum absolute atomic E-state index is 11.7. The van der Waals surface area contributed by atoms with Crippen LogP contribution in [0.3, 0.4) is 0 Å². The van der Waals surface area contributed by atoms with Crippen LogP contribution in [-0.4, -0.2) is 17.6 Å². The van der Waals surface area contributed by atoms with Gasteiger partial charge < -0.3 is 5.32 Å². The monoisotopic (exact) mass is 251 g/mol. The third-order valence-electron chi connectivity index (χ3n) is 2.15. The molecule has 0 radical (unpaired) electrons. The molecule has 1 aliphatic heterocycles. The Hall–Kier alpha value is -1.88. The average Bonchev–Trinajstić information content (AvgIpc) is 2.58. The summed E-state index contributed by atoms with van der Waals surface area (Å²) in [5, 5.41) is 8.29. The number of anilines is 1. The van der Waals surface area contributed by atoms with Gasteiger partial charge in [0.05, 0.1) is 12.1 Å². The molecular weight excluding hydrogens is 242 g/mol. The smallest absolute Gasteiger partial charge is 0.255 e. The molecule has 0 atom stereocenters. The molecule has 1 heterocycles. The molecule has 0 fully saturated rings. The van der Waals surface area contributed by atoms with E-state index in [9.17, 15) is 9.59 Å². The number of amidine groups is 1. The van der Waals surface area contributed by atoms with Crippen molar-refractivity contribution in [3.05, 3.63) is 29.3 Å². The van der Waals surface area contributed by atoms with Crippen molar-refractivity contribution in [3.63, 3.8) is 0 Å². The Balaban J connectivity index is 2.24. The van der Waals surface area contributed by atoms with Gasteiger partial charge >= 0.3 is 0 Å². The Kier molecular flexibility index (Phi) is 3.10. The molecule has 0 aromatic heterocycles. The summed E-state index contributed by atoms with van der Waals surface area (Å²) in [5.41, 5.74) is 0.586. The van der Waals surface area contributed by atoms with E-state index in [0.29, 0.717) is 16.5 Å². The number of hydrogen-bond acceptors (Lipinski definition) is 3. The number of amides is 2. The fourth-order valence-corrected chi connectivity index (χ4v) is 1.70. The lowest BCUT2D eigenvalue weighted by atomic mass is 10.3. The summed E-state index contributed by atoms with van der Waals surface area (Å²) in [7, 11) is 0. The highest BCUT2D eigenvalue weighted by Crippen LogP contribution is 2.23. The van der Waals surface area contributed by atoms with Gasteiger partial charge in [0.25, 0.3) is 5.91 Å². The summed E-state index contributed by atoms with van der Waals surface area (Å²) in [6.07, 6.45) is 0.0894. The van der Waals surface area contributed by atoms with E-state index in [4.69, 9.17) is 11.6 Å². The highest BCUT2D eigenvalue weighted by Gasteiger charge is 2.25. The van der Waals surface area contributed by atoms with E-state index in [1.165, 1.54) is 11.9 Å². The van der Waals surface area contributed by atoms with Crippen molar-refractivity contribution in [2.45, 2.75) is 13.3 Å². The van der Waals surface area contributed by atoms with Gasteiger partial charge in [-0.1, -0.05) is 17.7 Å². The van der Waals surface area contributed by atoms with Gasteiger partial charge in [-0.2, -0.15) is 10.1 Å². The molecule has 0 saturated heterocycles. The molecule has 0 aliphatic carbocycles. The summed E-state index contributed by atoms with van der Waals surface area (Å²) in [6.45, 7) is 1.37. The number of carbonyl (C=O) groups is 2. The SMILES string of the molecule is CC(=O)NC1=NN(c2cccc(Cl)c2)C(=O)C1. The molecule has 5 nitrogen and oxygen atoms in total. The predicted octanol–water partition coefficient (Wildman–Crippen LogP) is 1.53. The van der Waals surface area contributed by atoms with E-state index < -0.39 is 0 Å². The molecule has 1 aliphatic rings. The number of rotatable bonds is 1. The second-order valence-corrected chi connectivity index (χ2v) is 4.03. The Morgan fingerprint density at radius 2 is 2.29 bits per heavy atom. The van der Waals surface area contributed by atoms with Crippen LogP contribution in [0.25, 0.3) is 0 Å². The molecule has 2 amide bonds.